The number of thiazole rings is 5. The quantitative estimate of drug-likeness (QED) is 0.0774. The van der Waals surface area contributed by atoms with Crippen molar-refractivity contribution in [1.29, 1.82) is 0 Å². The number of likely N-dealkylation sites (tertiary alicyclic amines) is 2. The highest BCUT2D eigenvalue weighted by molar-refractivity contribution is 7.85. The van der Waals surface area contributed by atoms with Gasteiger partial charge in [-0.25, -0.2) is 39.3 Å². The summed E-state index contributed by atoms with van der Waals surface area (Å²) in [7, 11) is -3.39. The first kappa shape index (κ1) is 67.1. The summed E-state index contributed by atoms with van der Waals surface area (Å²) in [5, 5.41) is 15.2. The van der Waals surface area contributed by atoms with Gasteiger partial charge in [0.25, 0.3) is 10.1 Å². The van der Waals surface area contributed by atoms with E-state index in [0.29, 0.717) is 117 Å². The molecular formula is C47H60Cl5N7O13S6. The van der Waals surface area contributed by atoms with Crippen molar-refractivity contribution in [2.75, 3.05) is 45.6 Å². The molecular weight excluding hydrogens is 1240 g/mol. The largest absolute Gasteiger partial charge is 0.466 e. The van der Waals surface area contributed by atoms with Crippen molar-refractivity contribution in [3.8, 4) is 0 Å². The van der Waals surface area contributed by atoms with E-state index in [-0.39, 0.29) is 42.8 Å². The molecule has 3 aliphatic rings. The van der Waals surface area contributed by atoms with Gasteiger partial charge >= 0.3 is 24.1 Å². The predicted molar refractivity (Wildman–Crippen MR) is 304 cm³/mol. The zero-order chi connectivity index (χ0) is 58.2. The average Bonchev–Trinajstić information content (AvgIpc) is 4.28. The lowest BCUT2D eigenvalue weighted by molar-refractivity contribution is -0.158. The van der Waals surface area contributed by atoms with Crippen molar-refractivity contribution in [3.63, 3.8) is 0 Å². The van der Waals surface area contributed by atoms with E-state index in [1.54, 1.807) is 39.8 Å². The molecule has 0 aromatic carbocycles. The maximum absolute atomic E-state index is 12.7. The zero-order valence-electron chi connectivity index (χ0n) is 44.0. The summed E-state index contributed by atoms with van der Waals surface area (Å²) in [6.45, 7) is 17.2. The van der Waals surface area contributed by atoms with Crippen molar-refractivity contribution in [2.45, 2.75) is 118 Å². The van der Waals surface area contributed by atoms with Gasteiger partial charge in [-0.3, -0.25) is 13.8 Å². The molecule has 1 spiro atoms. The molecule has 31 heteroatoms. The third-order valence-electron chi connectivity index (χ3n) is 11.0. The fourth-order valence-corrected chi connectivity index (χ4v) is 12.0. The van der Waals surface area contributed by atoms with E-state index >= 15 is 0 Å². The van der Waals surface area contributed by atoms with Crippen LogP contribution in [0.25, 0.3) is 0 Å². The van der Waals surface area contributed by atoms with E-state index in [1.165, 1.54) is 56.7 Å². The number of esters is 2. The van der Waals surface area contributed by atoms with Gasteiger partial charge in [0.15, 0.2) is 33.8 Å². The van der Waals surface area contributed by atoms with Gasteiger partial charge in [-0.15, -0.1) is 45.3 Å². The fourth-order valence-electron chi connectivity index (χ4n) is 7.42. The highest BCUT2D eigenvalue weighted by Crippen LogP contribution is 2.47. The number of Topliss-reactive ketones (excluding diaryl/α,β-unsaturated/α-hetero) is 1. The van der Waals surface area contributed by atoms with Gasteiger partial charge in [-0.1, -0.05) is 69.3 Å². The second-order valence-corrected chi connectivity index (χ2v) is 28.2. The molecule has 2 fully saturated rings. The Morgan fingerprint density at radius 3 is 1.53 bits per heavy atom. The number of nitrogens with zero attached hydrogens (tertiary/aromatic N) is 7. The number of carbonyl (C=O) groups excluding carboxylic acids is 5. The lowest BCUT2D eigenvalue weighted by Crippen LogP contribution is -2.49. The van der Waals surface area contributed by atoms with Crippen molar-refractivity contribution in [1.82, 2.24) is 34.7 Å². The van der Waals surface area contributed by atoms with Gasteiger partial charge in [0.05, 0.1) is 59.1 Å². The predicted octanol–water partition coefficient (Wildman–Crippen LogP) is 12.0. The number of rotatable bonds is 10. The number of aromatic nitrogens is 5. The Balaban J connectivity index is 0.000000223. The summed E-state index contributed by atoms with van der Waals surface area (Å²) in [6.07, 6.45) is 3.80. The minimum atomic E-state index is -3.39. The fraction of sp³-hybridized carbons (Fsp3) is 0.574. The Morgan fingerprint density at radius 1 is 0.667 bits per heavy atom. The Bertz CT molecular complexity index is 2900. The maximum Gasteiger partial charge on any atom is 0.410 e. The molecule has 20 nitrogen and oxygen atoms in total. The molecule has 0 unspecified atom stereocenters. The molecule has 2 saturated heterocycles. The molecule has 8 rings (SSSR count). The van der Waals surface area contributed by atoms with E-state index in [2.05, 4.69) is 33.8 Å². The monoisotopic (exact) mass is 1300 g/mol. The molecule has 5 aromatic heterocycles. The van der Waals surface area contributed by atoms with E-state index in [1.807, 2.05) is 46.9 Å². The number of aliphatic hydroxyl groups is 1. The van der Waals surface area contributed by atoms with Gasteiger partial charge in [0.2, 0.25) is 0 Å². The van der Waals surface area contributed by atoms with Crippen LogP contribution in [0, 0.1) is 10.8 Å². The van der Waals surface area contributed by atoms with E-state index in [9.17, 15) is 32.4 Å². The molecule has 0 bridgehead atoms. The molecule has 78 heavy (non-hydrogen) atoms. The van der Waals surface area contributed by atoms with E-state index in [4.69, 9.17) is 77.3 Å². The molecule has 1 N–H and O–H groups in total. The second-order valence-electron chi connectivity index (χ2n) is 19.2. The molecule has 2 aliphatic heterocycles. The van der Waals surface area contributed by atoms with Crippen LogP contribution in [0.5, 0.6) is 0 Å². The van der Waals surface area contributed by atoms with Crippen molar-refractivity contribution in [2.24, 2.45) is 10.8 Å². The molecule has 5 aromatic rings. The minimum Gasteiger partial charge on any atom is -0.466 e. The Labute approximate surface area is 498 Å². The molecule has 0 radical (unpaired) electrons. The standard InChI is InChI=1S/C17H25ClN2O4S.C15H19ClN2O3S.C6H6ClNO2S.C5H6ClNO3S2.C4H4ClNOS/c1-5-23-13(21)17(10-12-11-25-14(18)19-12)6-8-20(9-7-17)15(22)24-16(2,3)4;1-14(2,3)21-13(20)18-6-4-15(5-7-18)8-9-10(11(15)19)22-12(16)17-9;1-2-10-5(9)4-3-11-6(7)8-4;1-12(8,9)10-2-4-3-11-5(6)7-4;5-4-6-3(1-7)2-8-4/h11H,5-10H2,1-4H3;4-8H2,1-3H3;3H,2H2,1H3;3H,2H2,1H3;2,7H,1H2. The van der Waals surface area contributed by atoms with Gasteiger partial charge in [0.1, 0.15) is 17.8 Å². The van der Waals surface area contributed by atoms with E-state index in [0.717, 1.165) is 17.6 Å². The van der Waals surface area contributed by atoms with Crippen LogP contribution in [0.2, 0.25) is 22.3 Å². The van der Waals surface area contributed by atoms with Gasteiger partial charge < -0.3 is 33.9 Å². The highest BCUT2D eigenvalue weighted by atomic mass is 35.5. The number of fused-ring (bicyclic) bond motifs is 1. The molecule has 1 aliphatic carbocycles. The highest BCUT2D eigenvalue weighted by Gasteiger charge is 2.50. The summed E-state index contributed by atoms with van der Waals surface area (Å²) in [5.74, 6) is -0.505. The van der Waals surface area contributed by atoms with Crippen LogP contribution >= 0.6 is 115 Å². The van der Waals surface area contributed by atoms with Gasteiger partial charge in [0, 0.05) is 66.0 Å². The average molecular weight is 1300 g/mol. The first-order valence-corrected chi connectivity index (χ1v) is 31.8. The van der Waals surface area contributed by atoms with Crippen molar-refractivity contribution < 1.29 is 60.6 Å². The molecule has 0 atom stereocenters. The number of ether oxygens (including phenoxy) is 4. The number of aliphatic hydroxyl groups excluding tert-OH is 1. The first-order valence-electron chi connectivity index (χ1n) is 23.8. The lowest BCUT2D eigenvalue weighted by atomic mass is 9.75. The van der Waals surface area contributed by atoms with Crippen LogP contribution in [-0.2, 0) is 64.1 Å². The number of halogens is 5. The topological polar surface area (TPSA) is 257 Å². The Morgan fingerprint density at radius 2 is 1.13 bits per heavy atom. The minimum absolute atomic E-state index is 0.0246. The van der Waals surface area contributed by atoms with Crippen LogP contribution in [0.1, 0.15) is 124 Å². The summed E-state index contributed by atoms with van der Waals surface area (Å²) in [4.78, 5) is 84.4. The molecule has 0 saturated carbocycles. The lowest BCUT2D eigenvalue weighted by Gasteiger charge is -2.39. The zero-order valence-corrected chi connectivity index (χ0v) is 52.7. The van der Waals surface area contributed by atoms with Crippen LogP contribution in [0.3, 0.4) is 0 Å². The number of piperidine rings is 2. The first-order chi connectivity index (χ1) is 36.4. The van der Waals surface area contributed by atoms with Crippen LogP contribution in [0.4, 0.5) is 9.59 Å². The van der Waals surface area contributed by atoms with Gasteiger partial charge in [-0.2, -0.15) is 8.42 Å². The number of carbonyl (C=O) groups is 5. The SMILES string of the molecule is CC(C)(C)OC(=O)N1CCC2(CC1)Cc1nc(Cl)sc1C2=O.CCOC(=O)C1(Cc2csc(Cl)n2)CCN(C(=O)OC(C)(C)C)CC1.CCOC(=O)c1csc(Cl)n1.CS(=O)(=O)OCc1csc(Cl)n1.OCc1csc(Cl)n1. The smallest absolute Gasteiger partial charge is 0.410 e. The third kappa shape index (κ3) is 21.8. The summed E-state index contributed by atoms with van der Waals surface area (Å²) >= 11 is 34.6. The Hall–Kier alpha value is -3.38. The van der Waals surface area contributed by atoms with Crippen molar-refractivity contribution >= 4 is 155 Å². The van der Waals surface area contributed by atoms with E-state index < -0.39 is 38.1 Å². The van der Waals surface area contributed by atoms with Crippen molar-refractivity contribution in [3.05, 3.63) is 77.2 Å². The number of hydrogen-bond acceptors (Lipinski definition) is 23. The molecule has 432 valence electrons. The Kier molecular flexibility index (Phi) is 25.9. The normalized spacial score (nSPS) is 15.4. The van der Waals surface area contributed by atoms with Crippen LogP contribution in [0.15, 0.2) is 21.5 Å². The van der Waals surface area contributed by atoms with Crippen LogP contribution in [-0.4, -0.2) is 135 Å². The second kappa shape index (κ2) is 30.1. The maximum atomic E-state index is 12.7. The molecule has 7 heterocycles. The summed E-state index contributed by atoms with van der Waals surface area (Å²) < 4.78 is 48.5. The summed E-state index contributed by atoms with van der Waals surface area (Å²) in [6, 6.07) is 0. The molecule has 2 amide bonds. The summed E-state index contributed by atoms with van der Waals surface area (Å²) in [5.41, 5.74) is 0.949. The third-order valence-corrected chi connectivity index (χ3v) is 16.8. The van der Waals surface area contributed by atoms with Crippen LogP contribution < -0.4 is 0 Å². The number of hydrogen-bond donors (Lipinski definition) is 1. The van der Waals surface area contributed by atoms with Gasteiger partial charge in [-0.05, 0) is 81.1 Å². The number of ketones is 1. The number of amides is 2.